The molecule has 0 aromatic heterocycles. The molecule has 32 heavy (non-hydrogen) atoms. The Kier molecular flexibility index (Phi) is 5.92. The number of benzene rings is 3. The molecular weight excluding hydrogens is 472 g/mol. The van der Waals surface area contributed by atoms with E-state index in [2.05, 4.69) is 15.9 Å². The van der Waals surface area contributed by atoms with Gasteiger partial charge in [0.05, 0.1) is 27.9 Å². The third-order valence-corrected chi connectivity index (χ3v) is 5.82. The average Bonchev–Trinajstić information content (AvgIpc) is 3.10. The van der Waals surface area contributed by atoms with Crippen molar-refractivity contribution in [1.82, 2.24) is 0 Å². The van der Waals surface area contributed by atoms with Crippen LogP contribution in [0.1, 0.15) is 16.7 Å². The van der Waals surface area contributed by atoms with E-state index in [4.69, 9.17) is 4.74 Å². The molecule has 0 spiro atoms. The lowest BCUT2D eigenvalue weighted by Gasteiger charge is -2.21. The Hall–Kier alpha value is -3.71. The average molecular weight is 491 g/mol. The van der Waals surface area contributed by atoms with Gasteiger partial charge in [-0.1, -0.05) is 42.5 Å². The molecule has 1 aliphatic rings. The van der Waals surface area contributed by atoms with E-state index in [0.29, 0.717) is 28.3 Å². The van der Waals surface area contributed by atoms with Gasteiger partial charge in [-0.3, -0.25) is 19.8 Å². The van der Waals surface area contributed by atoms with Gasteiger partial charge in [0.25, 0.3) is 11.6 Å². The molecule has 0 saturated heterocycles. The fraction of sp³-hybridized carbons (Fsp3) is 0.0800. The predicted octanol–water partition coefficient (Wildman–Crippen LogP) is 6.15. The largest absolute Gasteiger partial charge is 0.496 e. The van der Waals surface area contributed by atoms with Crippen molar-refractivity contribution in [2.24, 2.45) is 0 Å². The third-order valence-electron chi connectivity index (χ3n) is 5.20. The second-order valence-corrected chi connectivity index (χ2v) is 8.11. The van der Waals surface area contributed by atoms with Gasteiger partial charge >= 0.3 is 0 Å². The number of amides is 1. The van der Waals surface area contributed by atoms with Crippen LogP contribution in [0.5, 0.6) is 5.75 Å². The summed E-state index contributed by atoms with van der Waals surface area (Å²) in [5.41, 5.74) is 3.75. The van der Waals surface area contributed by atoms with E-state index < -0.39 is 4.92 Å². The lowest BCUT2D eigenvalue weighted by atomic mass is 10.1. The number of hydrogen-bond acceptors (Lipinski definition) is 4. The number of methoxy groups -OCH3 is 1. The molecule has 0 atom stereocenters. The van der Waals surface area contributed by atoms with Gasteiger partial charge in [-0.05, 0) is 64.3 Å². The number of anilines is 1. The van der Waals surface area contributed by atoms with Gasteiger partial charge < -0.3 is 4.74 Å². The molecule has 1 aliphatic heterocycles. The summed E-state index contributed by atoms with van der Waals surface area (Å²) in [5.74, 6) is 0.438. The molecule has 0 saturated carbocycles. The predicted molar refractivity (Wildman–Crippen MR) is 128 cm³/mol. The third kappa shape index (κ3) is 4.07. The zero-order chi connectivity index (χ0) is 22.8. The molecule has 0 fully saturated rings. The first-order valence-corrected chi connectivity index (χ1v) is 10.6. The molecule has 1 amide bonds. The minimum Gasteiger partial charge on any atom is -0.496 e. The van der Waals surface area contributed by atoms with Gasteiger partial charge in [0.2, 0.25) is 0 Å². The van der Waals surface area contributed by atoms with Crippen LogP contribution >= 0.6 is 15.9 Å². The first kappa shape index (κ1) is 21.5. The van der Waals surface area contributed by atoms with Gasteiger partial charge in [-0.15, -0.1) is 0 Å². The summed E-state index contributed by atoms with van der Waals surface area (Å²) in [6.45, 7) is 1.68. The van der Waals surface area contributed by atoms with E-state index in [1.807, 2.05) is 54.6 Å². The lowest BCUT2D eigenvalue weighted by Crippen LogP contribution is -2.25. The maximum Gasteiger partial charge on any atom is 0.274 e. The van der Waals surface area contributed by atoms with E-state index in [1.54, 1.807) is 32.2 Å². The van der Waals surface area contributed by atoms with Gasteiger partial charge in [0.1, 0.15) is 5.75 Å². The quantitative estimate of drug-likeness (QED) is 0.244. The van der Waals surface area contributed by atoms with E-state index in [0.717, 1.165) is 15.6 Å². The fourth-order valence-electron chi connectivity index (χ4n) is 3.58. The Morgan fingerprint density at radius 1 is 1.06 bits per heavy atom. The molecule has 0 bridgehead atoms. The lowest BCUT2D eigenvalue weighted by molar-refractivity contribution is -0.385. The van der Waals surface area contributed by atoms with Crippen LogP contribution in [0.15, 0.2) is 82.9 Å². The summed E-state index contributed by atoms with van der Waals surface area (Å²) >= 11 is 3.47. The Labute approximate surface area is 193 Å². The van der Waals surface area contributed by atoms with Crippen molar-refractivity contribution in [3.05, 3.63) is 110 Å². The number of nitrogens with zero attached hydrogens (tertiary/aromatic N) is 2. The highest BCUT2D eigenvalue weighted by Gasteiger charge is 2.31. The number of ether oxygens (including phenoxy) is 1. The monoisotopic (exact) mass is 490 g/mol. The van der Waals surface area contributed by atoms with E-state index >= 15 is 0 Å². The van der Waals surface area contributed by atoms with Gasteiger partial charge in [-0.2, -0.15) is 0 Å². The first-order chi connectivity index (χ1) is 15.4. The topological polar surface area (TPSA) is 72.7 Å². The van der Waals surface area contributed by atoms with Crippen LogP contribution in [0.3, 0.4) is 0 Å². The highest BCUT2D eigenvalue weighted by atomic mass is 79.9. The molecule has 0 radical (unpaired) electrons. The number of nitro groups is 1. The standard InChI is InChI=1S/C25H19BrN2O4/c1-16-8-10-20(15-22(16)28(30)31)27-23(18-6-4-3-5-7-18)14-19(25(27)29)12-17-9-11-24(32-2)21(26)13-17/h3-15H,1-2H3. The van der Waals surface area contributed by atoms with Crippen molar-refractivity contribution in [2.45, 2.75) is 6.92 Å². The molecule has 4 rings (SSSR count). The molecule has 7 heteroatoms. The van der Waals surface area contributed by atoms with Crippen LogP contribution in [0.4, 0.5) is 11.4 Å². The van der Waals surface area contributed by atoms with Crippen LogP contribution < -0.4 is 9.64 Å². The van der Waals surface area contributed by atoms with Crippen LogP contribution in [-0.2, 0) is 4.79 Å². The smallest absolute Gasteiger partial charge is 0.274 e. The Morgan fingerprint density at radius 2 is 1.81 bits per heavy atom. The Bertz CT molecular complexity index is 1280. The van der Waals surface area contributed by atoms with Gasteiger partial charge in [0, 0.05) is 17.2 Å². The summed E-state index contributed by atoms with van der Waals surface area (Å²) in [4.78, 5) is 26.0. The van der Waals surface area contributed by atoms with Crippen LogP contribution in [0, 0.1) is 17.0 Å². The molecule has 0 N–H and O–H groups in total. The number of carbonyl (C=O) groups excluding carboxylic acids is 1. The van der Waals surface area contributed by atoms with Crippen molar-refractivity contribution in [2.75, 3.05) is 12.0 Å². The van der Waals surface area contributed by atoms with Crippen molar-refractivity contribution in [1.29, 1.82) is 0 Å². The molecule has 6 nitrogen and oxygen atoms in total. The van der Waals surface area contributed by atoms with Crippen molar-refractivity contribution >= 4 is 45.0 Å². The second kappa shape index (κ2) is 8.80. The molecule has 3 aromatic rings. The number of carbonyl (C=O) groups is 1. The van der Waals surface area contributed by atoms with E-state index in [9.17, 15) is 14.9 Å². The maximum absolute atomic E-state index is 13.5. The summed E-state index contributed by atoms with van der Waals surface area (Å²) in [7, 11) is 1.59. The van der Waals surface area contributed by atoms with Gasteiger partial charge in [-0.25, -0.2) is 0 Å². The SMILES string of the molecule is COc1ccc(C=C2C=C(c3ccccc3)N(c3ccc(C)c([N+](=O)[O-])c3)C2=O)cc1Br. The summed E-state index contributed by atoms with van der Waals surface area (Å²) in [6.07, 6.45) is 3.60. The Morgan fingerprint density at radius 3 is 2.47 bits per heavy atom. The molecule has 0 aliphatic carbocycles. The van der Waals surface area contributed by atoms with Crippen LogP contribution in [-0.4, -0.2) is 17.9 Å². The van der Waals surface area contributed by atoms with Crippen LogP contribution in [0.25, 0.3) is 11.8 Å². The minimum atomic E-state index is -0.434. The molecule has 0 unspecified atom stereocenters. The van der Waals surface area contributed by atoms with Crippen molar-refractivity contribution < 1.29 is 14.5 Å². The molecule has 3 aromatic carbocycles. The number of rotatable bonds is 5. The summed E-state index contributed by atoms with van der Waals surface area (Å²) in [5, 5.41) is 11.5. The molecular formula is C25H19BrN2O4. The number of hydrogen-bond donors (Lipinski definition) is 0. The minimum absolute atomic E-state index is 0.0285. The van der Waals surface area contributed by atoms with Crippen molar-refractivity contribution in [3.8, 4) is 5.75 Å². The molecule has 160 valence electrons. The number of aryl methyl sites for hydroxylation is 1. The second-order valence-electron chi connectivity index (χ2n) is 7.26. The maximum atomic E-state index is 13.5. The number of nitro benzene ring substituents is 1. The summed E-state index contributed by atoms with van der Waals surface area (Å²) < 4.78 is 6.05. The van der Waals surface area contributed by atoms with E-state index in [-0.39, 0.29) is 11.6 Å². The first-order valence-electron chi connectivity index (χ1n) is 9.81. The van der Waals surface area contributed by atoms with E-state index in [1.165, 1.54) is 11.0 Å². The highest BCUT2D eigenvalue weighted by Crippen LogP contribution is 2.37. The van der Waals surface area contributed by atoms with Crippen molar-refractivity contribution in [3.63, 3.8) is 0 Å². The Balaban J connectivity index is 1.83. The molecule has 1 heterocycles. The zero-order valence-corrected chi connectivity index (χ0v) is 19.0. The normalized spacial score (nSPS) is 14.6. The fourth-order valence-corrected chi connectivity index (χ4v) is 4.14. The zero-order valence-electron chi connectivity index (χ0n) is 17.4. The van der Waals surface area contributed by atoms with Gasteiger partial charge in [0.15, 0.2) is 0 Å². The number of halogens is 1. The van der Waals surface area contributed by atoms with Crippen LogP contribution in [0.2, 0.25) is 0 Å². The highest BCUT2D eigenvalue weighted by molar-refractivity contribution is 9.10. The summed E-state index contributed by atoms with van der Waals surface area (Å²) in [6, 6.07) is 19.9.